The molecule has 2 aliphatic rings. The minimum atomic E-state index is -0.505. The van der Waals surface area contributed by atoms with E-state index in [-0.39, 0.29) is 5.41 Å². The van der Waals surface area contributed by atoms with Crippen molar-refractivity contribution in [2.24, 2.45) is 0 Å². The lowest BCUT2D eigenvalue weighted by Gasteiger charge is -2.35. The first kappa shape index (κ1) is 31.8. The highest BCUT2D eigenvalue weighted by Crippen LogP contribution is 2.60. The maximum absolute atomic E-state index is 2.57. The summed E-state index contributed by atoms with van der Waals surface area (Å²) in [5, 5.41) is 5.01. The van der Waals surface area contributed by atoms with E-state index in [1.807, 2.05) is 0 Å². The molecule has 1 heteroatoms. The molecule has 0 atom stereocenters. The van der Waals surface area contributed by atoms with Gasteiger partial charge in [-0.05, 0) is 90.5 Å². The van der Waals surface area contributed by atoms with E-state index in [9.17, 15) is 0 Å². The fourth-order valence-corrected chi connectivity index (χ4v) is 10.2. The number of hydrogen-bond donors (Lipinski definition) is 0. The molecular weight excluding hydrogens is 663 g/mol. The van der Waals surface area contributed by atoms with E-state index in [0.29, 0.717) is 0 Å². The molecular formula is C54H39N. The summed E-state index contributed by atoms with van der Waals surface area (Å²) in [4.78, 5) is 2.57. The molecule has 1 nitrogen and oxygen atoms in total. The Bertz CT molecular complexity index is 2910. The fourth-order valence-electron chi connectivity index (χ4n) is 10.2. The predicted molar refractivity (Wildman–Crippen MR) is 231 cm³/mol. The Morgan fingerprint density at radius 2 is 0.945 bits per heavy atom. The minimum absolute atomic E-state index is 0.179. The van der Waals surface area contributed by atoms with Crippen LogP contribution in [0.5, 0.6) is 0 Å². The van der Waals surface area contributed by atoms with Gasteiger partial charge < -0.3 is 4.90 Å². The van der Waals surface area contributed by atoms with E-state index in [4.69, 9.17) is 0 Å². The summed E-state index contributed by atoms with van der Waals surface area (Å²) in [5.41, 5.74) is 15.9. The van der Waals surface area contributed by atoms with Crippen LogP contribution in [0.25, 0.3) is 43.8 Å². The smallest absolute Gasteiger partial charge is 0.0714 e. The van der Waals surface area contributed by atoms with Gasteiger partial charge in [0.25, 0.3) is 0 Å². The van der Waals surface area contributed by atoms with Gasteiger partial charge >= 0.3 is 0 Å². The summed E-state index contributed by atoms with van der Waals surface area (Å²) in [6.07, 6.45) is 0. The fraction of sp³-hybridized carbons (Fsp3) is 0.0741. The Kier molecular flexibility index (Phi) is 6.88. The first-order valence-electron chi connectivity index (χ1n) is 19.4. The topological polar surface area (TPSA) is 3.24 Å². The molecule has 0 heterocycles. The SMILES string of the molecule is CC1(C)c2ccccc2-c2c(N(c3ccc4c(c3)C(c3ccccc3)(c3ccccc3)c3ccccc3-4)c3cccc4ccccc34)cc3ccccc3c21. The van der Waals surface area contributed by atoms with Gasteiger partial charge in [0.1, 0.15) is 0 Å². The molecule has 0 bridgehead atoms. The van der Waals surface area contributed by atoms with Crippen molar-refractivity contribution >= 4 is 38.6 Å². The van der Waals surface area contributed by atoms with Crippen LogP contribution < -0.4 is 4.90 Å². The van der Waals surface area contributed by atoms with Crippen molar-refractivity contribution in [1.29, 1.82) is 0 Å². The van der Waals surface area contributed by atoms with Crippen LogP contribution in [0, 0.1) is 0 Å². The van der Waals surface area contributed by atoms with Crippen LogP contribution >= 0.6 is 0 Å². The molecule has 0 saturated carbocycles. The largest absolute Gasteiger partial charge is 0.309 e. The van der Waals surface area contributed by atoms with E-state index >= 15 is 0 Å². The Morgan fingerprint density at radius 1 is 0.382 bits per heavy atom. The van der Waals surface area contributed by atoms with Crippen LogP contribution in [0.15, 0.2) is 200 Å². The number of benzene rings is 9. The minimum Gasteiger partial charge on any atom is -0.309 e. The Hall–Kier alpha value is -6.70. The molecule has 0 radical (unpaired) electrons. The Labute approximate surface area is 322 Å². The molecule has 0 fully saturated rings. The zero-order valence-corrected chi connectivity index (χ0v) is 31.0. The second kappa shape index (κ2) is 11.9. The highest BCUT2D eigenvalue weighted by atomic mass is 15.1. The lowest BCUT2D eigenvalue weighted by atomic mass is 9.67. The predicted octanol–water partition coefficient (Wildman–Crippen LogP) is 14.1. The van der Waals surface area contributed by atoms with Crippen molar-refractivity contribution < 1.29 is 0 Å². The van der Waals surface area contributed by atoms with Gasteiger partial charge in [-0.15, -0.1) is 0 Å². The summed E-state index contributed by atoms with van der Waals surface area (Å²) in [6, 6.07) is 74.5. The monoisotopic (exact) mass is 701 g/mol. The van der Waals surface area contributed by atoms with Crippen LogP contribution in [-0.2, 0) is 10.8 Å². The van der Waals surface area contributed by atoms with E-state index in [1.165, 1.54) is 88.6 Å². The number of fused-ring (bicyclic) bond motifs is 9. The molecule has 0 aromatic heterocycles. The molecule has 11 rings (SSSR count). The maximum atomic E-state index is 2.57. The Morgan fingerprint density at radius 3 is 1.69 bits per heavy atom. The normalized spacial score (nSPS) is 14.3. The first-order valence-corrected chi connectivity index (χ1v) is 19.4. The van der Waals surface area contributed by atoms with Crippen molar-refractivity contribution in [3.05, 3.63) is 234 Å². The highest BCUT2D eigenvalue weighted by Gasteiger charge is 2.47. The molecule has 260 valence electrons. The molecule has 9 aromatic rings. The number of rotatable bonds is 5. The number of nitrogens with zero attached hydrogens (tertiary/aromatic N) is 1. The third-order valence-electron chi connectivity index (χ3n) is 12.5. The lowest BCUT2D eigenvalue weighted by Crippen LogP contribution is -2.28. The van der Waals surface area contributed by atoms with Crippen molar-refractivity contribution in [2.75, 3.05) is 4.90 Å². The van der Waals surface area contributed by atoms with Crippen LogP contribution in [-0.4, -0.2) is 0 Å². The standard InChI is InChI=1S/C54H39N/c1-53(2)46-29-15-14-28-45(46)51-50(34-37-19-10-12-26-42(37)52(51)53)55(49-31-17-20-36-18-9-11-25-41(36)49)40-32-33-44-43-27-13-16-30-47(43)54(48(44)35-40,38-21-5-3-6-22-38)39-23-7-4-8-24-39/h3-35H,1-2H3. The van der Waals surface area contributed by atoms with Gasteiger partial charge in [-0.3, -0.25) is 0 Å². The molecule has 0 N–H and O–H groups in total. The zero-order valence-electron chi connectivity index (χ0n) is 31.0. The Balaban J connectivity index is 1.28. The van der Waals surface area contributed by atoms with Crippen molar-refractivity contribution in [1.82, 2.24) is 0 Å². The number of anilines is 3. The molecule has 55 heavy (non-hydrogen) atoms. The zero-order chi connectivity index (χ0) is 36.7. The van der Waals surface area contributed by atoms with E-state index < -0.39 is 5.41 Å². The number of hydrogen-bond acceptors (Lipinski definition) is 1. The van der Waals surface area contributed by atoms with E-state index in [1.54, 1.807) is 0 Å². The average Bonchev–Trinajstić information content (AvgIpc) is 3.68. The molecule has 0 spiro atoms. The van der Waals surface area contributed by atoms with Gasteiger partial charge in [0.2, 0.25) is 0 Å². The highest BCUT2D eigenvalue weighted by molar-refractivity contribution is 6.08. The quantitative estimate of drug-likeness (QED) is 0.173. The average molecular weight is 702 g/mol. The van der Waals surface area contributed by atoms with Gasteiger partial charge in [0.05, 0.1) is 16.8 Å². The summed E-state index contributed by atoms with van der Waals surface area (Å²) >= 11 is 0. The van der Waals surface area contributed by atoms with Crippen LogP contribution in [0.2, 0.25) is 0 Å². The van der Waals surface area contributed by atoms with E-state index in [0.717, 1.165) is 5.69 Å². The van der Waals surface area contributed by atoms with Crippen LogP contribution in [0.3, 0.4) is 0 Å². The van der Waals surface area contributed by atoms with Gasteiger partial charge in [0.15, 0.2) is 0 Å². The first-order chi connectivity index (χ1) is 27.1. The second-order valence-electron chi connectivity index (χ2n) is 15.6. The molecule has 9 aromatic carbocycles. The van der Waals surface area contributed by atoms with Crippen molar-refractivity contribution in [2.45, 2.75) is 24.7 Å². The maximum Gasteiger partial charge on any atom is 0.0714 e. The molecule has 2 aliphatic carbocycles. The summed E-state index contributed by atoms with van der Waals surface area (Å²) in [7, 11) is 0. The van der Waals surface area contributed by atoms with Crippen LogP contribution in [0.1, 0.15) is 47.2 Å². The second-order valence-corrected chi connectivity index (χ2v) is 15.6. The summed E-state index contributed by atoms with van der Waals surface area (Å²) < 4.78 is 0. The molecule has 0 saturated heterocycles. The lowest BCUT2D eigenvalue weighted by molar-refractivity contribution is 0.666. The van der Waals surface area contributed by atoms with Gasteiger partial charge in [0, 0.05) is 22.1 Å². The van der Waals surface area contributed by atoms with Crippen molar-refractivity contribution in [3.8, 4) is 22.3 Å². The summed E-state index contributed by atoms with van der Waals surface area (Å²) in [6.45, 7) is 4.80. The molecule has 0 aliphatic heterocycles. The molecule has 0 amide bonds. The molecule has 0 unspecified atom stereocenters. The van der Waals surface area contributed by atoms with Gasteiger partial charge in [-0.1, -0.05) is 190 Å². The van der Waals surface area contributed by atoms with Gasteiger partial charge in [-0.2, -0.15) is 0 Å². The van der Waals surface area contributed by atoms with E-state index in [2.05, 4.69) is 219 Å². The van der Waals surface area contributed by atoms with Crippen molar-refractivity contribution in [3.63, 3.8) is 0 Å². The third kappa shape index (κ3) is 4.41. The summed E-state index contributed by atoms with van der Waals surface area (Å²) in [5.74, 6) is 0. The van der Waals surface area contributed by atoms with Crippen LogP contribution in [0.4, 0.5) is 17.1 Å². The van der Waals surface area contributed by atoms with Gasteiger partial charge in [-0.25, -0.2) is 0 Å². The third-order valence-corrected chi connectivity index (χ3v) is 12.5.